The normalized spacial score (nSPS) is 13.8. The number of aryl methyl sites for hydroxylation is 1. The fourth-order valence-electron chi connectivity index (χ4n) is 2.08. The van der Waals surface area contributed by atoms with Gasteiger partial charge >= 0.3 is 5.97 Å². The smallest absolute Gasteiger partial charge is 0.327 e. The van der Waals surface area contributed by atoms with Gasteiger partial charge in [-0.25, -0.2) is 4.79 Å². The maximum atomic E-state index is 12.0. The van der Waals surface area contributed by atoms with Crippen molar-refractivity contribution in [2.75, 3.05) is 7.11 Å². The van der Waals surface area contributed by atoms with Gasteiger partial charge in [-0.2, -0.15) is 0 Å². The summed E-state index contributed by atoms with van der Waals surface area (Å²) in [4.78, 5) is 12.0. The minimum absolute atomic E-state index is 0.0898. The average molecular weight is 273 g/mol. The predicted molar refractivity (Wildman–Crippen MR) is 76.2 cm³/mol. The Morgan fingerprint density at radius 3 is 2.45 bits per heavy atom. The molecule has 1 aromatic heterocycles. The second kappa shape index (κ2) is 6.39. The number of benzene rings is 1. The van der Waals surface area contributed by atoms with Gasteiger partial charge in [-0.05, 0) is 31.5 Å². The Labute approximate surface area is 118 Å². The van der Waals surface area contributed by atoms with Crippen LogP contribution in [0.4, 0.5) is 0 Å². The minimum Gasteiger partial charge on any atom is -0.468 e. The van der Waals surface area contributed by atoms with Gasteiger partial charge < -0.3 is 9.15 Å². The number of hydrogen-bond acceptors (Lipinski definition) is 4. The molecule has 0 aliphatic rings. The Bertz CT molecular complexity index is 562. The topological polar surface area (TPSA) is 51.5 Å². The SMILES string of the molecule is COC(=O)C(NC(C)c1ccc(C)o1)c1ccccc1. The van der Waals surface area contributed by atoms with Crippen molar-refractivity contribution in [2.24, 2.45) is 0 Å². The molecule has 2 aromatic rings. The van der Waals surface area contributed by atoms with Gasteiger partial charge in [0.2, 0.25) is 0 Å². The van der Waals surface area contributed by atoms with Crippen molar-refractivity contribution < 1.29 is 13.9 Å². The van der Waals surface area contributed by atoms with Crippen molar-refractivity contribution in [1.82, 2.24) is 5.32 Å². The van der Waals surface area contributed by atoms with E-state index in [1.54, 1.807) is 0 Å². The Morgan fingerprint density at radius 1 is 1.20 bits per heavy atom. The zero-order valence-electron chi connectivity index (χ0n) is 11.9. The molecule has 2 unspecified atom stereocenters. The molecule has 0 aliphatic carbocycles. The standard InChI is InChI=1S/C16H19NO3/c1-11-9-10-14(20-11)12(2)17-15(16(18)19-3)13-7-5-4-6-8-13/h4-10,12,15,17H,1-3H3. The van der Waals surface area contributed by atoms with Gasteiger partial charge in [-0.1, -0.05) is 30.3 Å². The van der Waals surface area contributed by atoms with E-state index < -0.39 is 6.04 Å². The second-order valence-corrected chi connectivity index (χ2v) is 4.70. The lowest BCUT2D eigenvalue weighted by molar-refractivity contribution is -0.143. The van der Waals surface area contributed by atoms with E-state index in [9.17, 15) is 4.79 Å². The first-order valence-electron chi connectivity index (χ1n) is 6.57. The lowest BCUT2D eigenvalue weighted by Gasteiger charge is -2.20. The summed E-state index contributed by atoms with van der Waals surface area (Å²) >= 11 is 0. The quantitative estimate of drug-likeness (QED) is 0.850. The maximum absolute atomic E-state index is 12.0. The minimum atomic E-state index is -0.512. The summed E-state index contributed by atoms with van der Waals surface area (Å²) in [5, 5.41) is 3.25. The molecule has 0 amide bonds. The molecular formula is C16H19NO3. The van der Waals surface area contributed by atoms with Gasteiger partial charge in [0.05, 0.1) is 13.2 Å². The van der Waals surface area contributed by atoms with E-state index in [1.807, 2.05) is 56.3 Å². The van der Waals surface area contributed by atoms with E-state index >= 15 is 0 Å². The number of ether oxygens (including phenoxy) is 1. The van der Waals surface area contributed by atoms with E-state index in [-0.39, 0.29) is 12.0 Å². The van der Waals surface area contributed by atoms with Crippen LogP contribution < -0.4 is 5.32 Å². The van der Waals surface area contributed by atoms with Crippen LogP contribution in [0.3, 0.4) is 0 Å². The average Bonchev–Trinajstić information content (AvgIpc) is 2.91. The van der Waals surface area contributed by atoms with Gasteiger partial charge in [0.25, 0.3) is 0 Å². The first-order valence-corrected chi connectivity index (χ1v) is 6.57. The van der Waals surface area contributed by atoms with E-state index in [0.29, 0.717) is 0 Å². The number of carbonyl (C=O) groups is 1. The molecular weight excluding hydrogens is 254 g/mol. The third-order valence-corrected chi connectivity index (χ3v) is 3.17. The monoisotopic (exact) mass is 273 g/mol. The lowest BCUT2D eigenvalue weighted by atomic mass is 10.1. The largest absolute Gasteiger partial charge is 0.468 e. The van der Waals surface area contributed by atoms with Gasteiger partial charge in [-0.15, -0.1) is 0 Å². The molecule has 0 bridgehead atoms. The number of nitrogens with one attached hydrogen (secondary N) is 1. The fraction of sp³-hybridized carbons (Fsp3) is 0.312. The first kappa shape index (κ1) is 14.3. The summed E-state index contributed by atoms with van der Waals surface area (Å²) in [6, 6.07) is 12.7. The zero-order valence-corrected chi connectivity index (χ0v) is 11.9. The van der Waals surface area contributed by atoms with Crippen LogP contribution in [0.25, 0.3) is 0 Å². The van der Waals surface area contributed by atoms with Crippen molar-refractivity contribution >= 4 is 5.97 Å². The molecule has 4 heteroatoms. The summed E-state index contributed by atoms with van der Waals surface area (Å²) in [5.74, 6) is 1.33. The number of esters is 1. The molecule has 0 fully saturated rings. The Balaban J connectivity index is 2.18. The number of rotatable bonds is 5. The van der Waals surface area contributed by atoms with Gasteiger partial charge in [0, 0.05) is 0 Å². The highest BCUT2D eigenvalue weighted by atomic mass is 16.5. The molecule has 0 radical (unpaired) electrons. The molecule has 0 saturated heterocycles. The summed E-state index contributed by atoms with van der Waals surface area (Å²) in [7, 11) is 1.39. The van der Waals surface area contributed by atoms with E-state index in [2.05, 4.69) is 5.32 Å². The highest BCUT2D eigenvalue weighted by molar-refractivity contribution is 5.77. The van der Waals surface area contributed by atoms with Crippen LogP contribution in [0.2, 0.25) is 0 Å². The van der Waals surface area contributed by atoms with Crippen LogP contribution in [-0.2, 0) is 9.53 Å². The van der Waals surface area contributed by atoms with Crippen LogP contribution in [0.5, 0.6) is 0 Å². The third kappa shape index (κ3) is 3.27. The predicted octanol–water partition coefficient (Wildman–Crippen LogP) is 3.15. The van der Waals surface area contributed by atoms with Crippen LogP contribution in [0, 0.1) is 6.92 Å². The summed E-state index contributed by atoms with van der Waals surface area (Å²) in [6.07, 6.45) is 0. The van der Waals surface area contributed by atoms with Crippen LogP contribution in [-0.4, -0.2) is 13.1 Å². The number of hydrogen-bond donors (Lipinski definition) is 1. The van der Waals surface area contributed by atoms with Gasteiger partial charge in [0.15, 0.2) is 0 Å². The second-order valence-electron chi connectivity index (χ2n) is 4.70. The molecule has 106 valence electrons. The lowest BCUT2D eigenvalue weighted by Crippen LogP contribution is -2.31. The van der Waals surface area contributed by atoms with Crippen molar-refractivity contribution in [2.45, 2.75) is 25.9 Å². The van der Waals surface area contributed by atoms with Gasteiger partial charge in [-0.3, -0.25) is 5.32 Å². The highest BCUT2D eigenvalue weighted by Gasteiger charge is 2.24. The van der Waals surface area contributed by atoms with Crippen molar-refractivity contribution in [3.63, 3.8) is 0 Å². The third-order valence-electron chi connectivity index (χ3n) is 3.17. The highest BCUT2D eigenvalue weighted by Crippen LogP contribution is 2.22. The van der Waals surface area contributed by atoms with E-state index in [4.69, 9.17) is 9.15 Å². The molecule has 4 nitrogen and oxygen atoms in total. The molecule has 0 spiro atoms. The van der Waals surface area contributed by atoms with Crippen molar-refractivity contribution in [3.05, 3.63) is 59.5 Å². The van der Waals surface area contributed by atoms with E-state index in [0.717, 1.165) is 17.1 Å². The molecule has 0 saturated carbocycles. The summed E-state index contributed by atoms with van der Waals surface area (Å²) in [5.41, 5.74) is 0.870. The zero-order chi connectivity index (χ0) is 14.5. The van der Waals surface area contributed by atoms with Crippen LogP contribution in [0.1, 0.15) is 36.1 Å². The van der Waals surface area contributed by atoms with Crippen molar-refractivity contribution in [3.8, 4) is 0 Å². The van der Waals surface area contributed by atoms with Crippen LogP contribution in [0.15, 0.2) is 46.9 Å². The first-order chi connectivity index (χ1) is 9.61. The molecule has 1 aromatic carbocycles. The Hall–Kier alpha value is -2.07. The number of methoxy groups -OCH3 is 1. The molecule has 1 N–H and O–H groups in total. The Kier molecular flexibility index (Phi) is 4.58. The van der Waals surface area contributed by atoms with E-state index in [1.165, 1.54) is 7.11 Å². The van der Waals surface area contributed by atoms with Crippen molar-refractivity contribution in [1.29, 1.82) is 0 Å². The summed E-state index contributed by atoms with van der Waals surface area (Å²) < 4.78 is 10.5. The fourth-order valence-corrected chi connectivity index (χ4v) is 2.08. The molecule has 1 heterocycles. The Morgan fingerprint density at radius 2 is 1.90 bits per heavy atom. The number of furan rings is 1. The van der Waals surface area contributed by atoms with Crippen LogP contribution >= 0.6 is 0 Å². The summed E-state index contributed by atoms with van der Waals surface area (Å²) in [6.45, 7) is 3.85. The maximum Gasteiger partial charge on any atom is 0.327 e. The molecule has 0 aliphatic heterocycles. The van der Waals surface area contributed by atoms with Gasteiger partial charge in [0.1, 0.15) is 17.6 Å². The number of carbonyl (C=O) groups excluding carboxylic acids is 1. The molecule has 2 rings (SSSR count). The molecule has 2 atom stereocenters. The molecule has 20 heavy (non-hydrogen) atoms.